The van der Waals surface area contributed by atoms with Gasteiger partial charge in [0.1, 0.15) is 11.9 Å². The van der Waals surface area contributed by atoms with Gasteiger partial charge in [-0.3, -0.25) is 0 Å². The number of hydrogen-bond donors (Lipinski definition) is 3. The van der Waals surface area contributed by atoms with E-state index in [0.717, 1.165) is 5.39 Å². The smallest absolute Gasteiger partial charge is 0.407 e. The molecule has 1 aromatic heterocycles. The van der Waals surface area contributed by atoms with Crippen molar-refractivity contribution < 1.29 is 23.8 Å². The van der Waals surface area contributed by atoms with Crippen LogP contribution < -0.4 is 15.4 Å². The van der Waals surface area contributed by atoms with Gasteiger partial charge >= 0.3 is 6.09 Å². The van der Waals surface area contributed by atoms with E-state index in [9.17, 15) is 14.3 Å². The number of methoxy groups -OCH3 is 1. The van der Waals surface area contributed by atoms with Crippen molar-refractivity contribution in [3.63, 3.8) is 0 Å². The molecule has 0 radical (unpaired) electrons. The van der Waals surface area contributed by atoms with Crippen LogP contribution in [0.25, 0.3) is 10.9 Å². The molecule has 1 amide bonds. The average molecular weight is 349 g/mol. The number of carbonyl (C=O) groups is 1. The normalized spacial score (nSPS) is 18.0. The van der Waals surface area contributed by atoms with Gasteiger partial charge in [-0.2, -0.15) is 0 Å². The maximum absolute atomic E-state index is 14.2. The summed E-state index contributed by atoms with van der Waals surface area (Å²) in [6.45, 7) is 0.842. The number of alkyl carbamates (subject to hydrolysis) is 1. The SMILES string of the molecule is COc1ccc2ccc(F)c(CNCC(O)CC3CNC(=O)O3)c2n1. The molecule has 7 nitrogen and oxygen atoms in total. The third kappa shape index (κ3) is 4.15. The fraction of sp³-hybridized carbons (Fsp3) is 0.412. The molecule has 1 aliphatic heterocycles. The highest BCUT2D eigenvalue weighted by Crippen LogP contribution is 2.22. The van der Waals surface area contributed by atoms with E-state index in [1.54, 1.807) is 12.1 Å². The van der Waals surface area contributed by atoms with E-state index in [0.29, 0.717) is 29.9 Å². The van der Waals surface area contributed by atoms with Gasteiger partial charge in [0.05, 0.1) is 25.3 Å². The van der Waals surface area contributed by atoms with Gasteiger partial charge in [0.25, 0.3) is 0 Å². The fourth-order valence-corrected chi connectivity index (χ4v) is 2.80. The number of aliphatic hydroxyl groups excluding tert-OH is 1. The molecule has 0 spiro atoms. The molecule has 2 aromatic rings. The maximum atomic E-state index is 14.2. The van der Waals surface area contributed by atoms with Crippen LogP contribution in [-0.4, -0.2) is 48.6 Å². The zero-order valence-electron chi connectivity index (χ0n) is 13.8. The van der Waals surface area contributed by atoms with Crippen LogP contribution in [0.1, 0.15) is 12.0 Å². The quantitative estimate of drug-likeness (QED) is 0.698. The van der Waals surface area contributed by atoms with Gasteiger partial charge in [0, 0.05) is 36.5 Å². The fourth-order valence-electron chi connectivity index (χ4n) is 2.80. The number of halogens is 1. The summed E-state index contributed by atoms with van der Waals surface area (Å²) < 4.78 is 24.3. The molecule has 1 aliphatic rings. The van der Waals surface area contributed by atoms with Crippen molar-refractivity contribution in [1.29, 1.82) is 0 Å². The van der Waals surface area contributed by atoms with E-state index >= 15 is 0 Å². The number of fused-ring (bicyclic) bond motifs is 1. The number of hydrogen-bond acceptors (Lipinski definition) is 6. The van der Waals surface area contributed by atoms with Crippen molar-refractivity contribution in [1.82, 2.24) is 15.6 Å². The summed E-state index contributed by atoms with van der Waals surface area (Å²) in [6.07, 6.45) is -1.21. The molecule has 2 heterocycles. The van der Waals surface area contributed by atoms with Crippen molar-refractivity contribution in [2.24, 2.45) is 0 Å². The average Bonchev–Trinajstić information content (AvgIpc) is 3.01. The lowest BCUT2D eigenvalue weighted by molar-refractivity contribution is 0.0839. The summed E-state index contributed by atoms with van der Waals surface area (Å²) in [4.78, 5) is 15.3. The van der Waals surface area contributed by atoms with E-state index in [1.165, 1.54) is 13.2 Å². The van der Waals surface area contributed by atoms with Crippen molar-refractivity contribution in [3.8, 4) is 5.88 Å². The molecular weight excluding hydrogens is 329 g/mol. The lowest BCUT2D eigenvalue weighted by Crippen LogP contribution is -2.31. The lowest BCUT2D eigenvalue weighted by Gasteiger charge is -2.15. The minimum atomic E-state index is -0.710. The predicted octanol–water partition coefficient (Wildman–Crippen LogP) is 1.33. The number of ether oxygens (including phenoxy) is 2. The summed E-state index contributed by atoms with van der Waals surface area (Å²) in [5, 5.41) is 16.4. The highest BCUT2D eigenvalue weighted by molar-refractivity contribution is 5.82. The third-order valence-electron chi connectivity index (χ3n) is 4.06. The lowest BCUT2D eigenvalue weighted by atomic mass is 10.1. The largest absolute Gasteiger partial charge is 0.481 e. The molecule has 1 fully saturated rings. The number of aliphatic hydroxyl groups is 1. The third-order valence-corrected chi connectivity index (χ3v) is 4.06. The molecular formula is C17H20FN3O4. The summed E-state index contributed by atoms with van der Waals surface area (Å²) in [5.74, 6) is 0.0408. The summed E-state index contributed by atoms with van der Waals surface area (Å²) in [6, 6.07) is 6.60. The van der Waals surface area contributed by atoms with Crippen molar-refractivity contribution >= 4 is 17.0 Å². The number of benzene rings is 1. The summed E-state index contributed by atoms with van der Waals surface area (Å²) in [7, 11) is 1.51. The first-order valence-corrected chi connectivity index (χ1v) is 8.02. The van der Waals surface area contributed by atoms with Gasteiger partial charge in [-0.05, 0) is 18.2 Å². The number of amides is 1. The van der Waals surface area contributed by atoms with Gasteiger partial charge in [-0.15, -0.1) is 0 Å². The van der Waals surface area contributed by atoms with Gasteiger partial charge in [-0.25, -0.2) is 14.2 Å². The van der Waals surface area contributed by atoms with E-state index in [-0.39, 0.29) is 25.0 Å². The van der Waals surface area contributed by atoms with Gasteiger partial charge in [0.15, 0.2) is 0 Å². The van der Waals surface area contributed by atoms with Gasteiger partial charge in [-0.1, -0.05) is 0 Å². The topological polar surface area (TPSA) is 92.7 Å². The molecule has 3 N–H and O–H groups in total. The Labute approximate surface area is 144 Å². The van der Waals surface area contributed by atoms with E-state index < -0.39 is 12.2 Å². The number of nitrogens with one attached hydrogen (secondary N) is 2. The zero-order chi connectivity index (χ0) is 17.8. The Bertz CT molecular complexity index is 771. The van der Waals surface area contributed by atoms with Crippen LogP contribution in [0.3, 0.4) is 0 Å². The molecule has 25 heavy (non-hydrogen) atoms. The van der Waals surface area contributed by atoms with Crippen LogP contribution in [0, 0.1) is 5.82 Å². The number of cyclic esters (lactones) is 1. The zero-order valence-corrected chi connectivity index (χ0v) is 13.8. The Morgan fingerprint density at radius 2 is 2.28 bits per heavy atom. The second kappa shape index (κ2) is 7.62. The van der Waals surface area contributed by atoms with E-state index in [1.807, 2.05) is 6.07 Å². The first-order valence-electron chi connectivity index (χ1n) is 8.02. The van der Waals surface area contributed by atoms with Crippen LogP contribution in [0.15, 0.2) is 24.3 Å². The molecule has 0 bridgehead atoms. The predicted molar refractivity (Wildman–Crippen MR) is 88.9 cm³/mol. The van der Waals surface area contributed by atoms with Crippen LogP contribution >= 0.6 is 0 Å². The molecule has 2 unspecified atom stereocenters. The van der Waals surface area contributed by atoms with E-state index in [4.69, 9.17) is 9.47 Å². The molecule has 2 atom stereocenters. The molecule has 0 aliphatic carbocycles. The number of nitrogens with zero attached hydrogens (tertiary/aromatic N) is 1. The van der Waals surface area contributed by atoms with E-state index in [2.05, 4.69) is 15.6 Å². The number of pyridine rings is 1. The van der Waals surface area contributed by atoms with Crippen molar-refractivity contribution in [2.45, 2.75) is 25.2 Å². The second-order valence-corrected chi connectivity index (χ2v) is 5.88. The molecule has 134 valence electrons. The monoisotopic (exact) mass is 349 g/mol. The Balaban J connectivity index is 1.62. The second-order valence-electron chi connectivity index (χ2n) is 5.88. The highest BCUT2D eigenvalue weighted by Gasteiger charge is 2.24. The standard InChI is InChI=1S/C17H20FN3O4/c1-24-15-5-3-10-2-4-14(18)13(16(10)21-15)9-19-7-11(22)6-12-8-20-17(23)25-12/h2-5,11-12,19,22H,6-9H2,1H3,(H,20,23). The Morgan fingerprint density at radius 3 is 3.00 bits per heavy atom. The Hall–Kier alpha value is -2.45. The minimum Gasteiger partial charge on any atom is -0.481 e. The number of rotatable bonds is 7. The Kier molecular flexibility index (Phi) is 5.30. The first kappa shape index (κ1) is 17.4. The highest BCUT2D eigenvalue weighted by atomic mass is 19.1. The summed E-state index contributed by atoms with van der Waals surface area (Å²) >= 11 is 0. The minimum absolute atomic E-state index is 0.211. The van der Waals surface area contributed by atoms with Crippen LogP contribution in [0.4, 0.5) is 9.18 Å². The molecule has 0 saturated carbocycles. The van der Waals surface area contributed by atoms with Crippen LogP contribution in [-0.2, 0) is 11.3 Å². The molecule has 1 aromatic carbocycles. The number of aromatic nitrogens is 1. The van der Waals surface area contributed by atoms with Crippen molar-refractivity contribution in [3.05, 3.63) is 35.6 Å². The first-order chi connectivity index (χ1) is 12.1. The number of carbonyl (C=O) groups excluding carboxylic acids is 1. The van der Waals surface area contributed by atoms with Crippen LogP contribution in [0.2, 0.25) is 0 Å². The summed E-state index contributed by atoms with van der Waals surface area (Å²) in [5.41, 5.74) is 0.938. The van der Waals surface area contributed by atoms with Crippen molar-refractivity contribution in [2.75, 3.05) is 20.2 Å². The molecule has 8 heteroatoms. The van der Waals surface area contributed by atoms with Crippen LogP contribution in [0.5, 0.6) is 5.88 Å². The molecule has 3 rings (SSSR count). The Morgan fingerprint density at radius 1 is 1.48 bits per heavy atom. The molecule has 1 saturated heterocycles. The maximum Gasteiger partial charge on any atom is 0.407 e. The van der Waals surface area contributed by atoms with Gasteiger partial charge < -0.3 is 25.2 Å². The van der Waals surface area contributed by atoms with Gasteiger partial charge in [0.2, 0.25) is 5.88 Å².